The van der Waals surface area contributed by atoms with Gasteiger partial charge in [0.2, 0.25) is 0 Å². The highest BCUT2D eigenvalue weighted by Gasteiger charge is 2.15. The number of hydrogen-bond acceptors (Lipinski definition) is 3. The number of rotatable bonds is 9. The molecular formula is C20H26N2O2. The van der Waals surface area contributed by atoms with Crippen molar-refractivity contribution in [3.8, 4) is 0 Å². The third-order valence-electron chi connectivity index (χ3n) is 3.97. The number of nitrogens with zero attached hydrogens (tertiary/aromatic N) is 1. The standard InChI is InChI=1S/C20H26N2O2/c1-24-14-6-5-13-22(16-18-7-3-2-4-8-18)20(23)19-11-9-17(15-21)10-12-19/h2-4,7-12H,5-6,13-16,21H2,1H3. The van der Waals surface area contributed by atoms with Gasteiger partial charge in [-0.2, -0.15) is 0 Å². The van der Waals surface area contributed by atoms with Crippen LogP contribution >= 0.6 is 0 Å². The van der Waals surface area contributed by atoms with Crippen LogP contribution in [-0.4, -0.2) is 31.1 Å². The van der Waals surface area contributed by atoms with Crippen LogP contribution in [0.3, 0.4) is 0 Å². The van der Waals surface area contributed by atoms with E-state index in [0.29, 0.717) is 18.7 Å². The zero-order valence-electron chi connectivity index (χ0n) is 14.3. The van der Waals surface area contributed by atoms with E-state index in [9.17, 15) is 4.79 Å². The summed E-state index contributed by atoms with van der Waals surface area (Å²) in [6.45, 7) is 2.54. The van der Waals surface area contributed by atoms with Gasteiger partial charge in [-0.1, -0.05) is 42.5 Å². The second-order valence-electron chi connectivity index (χ2n) is 5.81. The molecule has 2 aromatic carbocycles. The van der Waals surface area contributed by atoms with E-state index in [1.54, 1.807) is 7.11 Å². The molecule has 0 bridgehead atoms. The molecule has 0 saturated heterocycles. The van der Waals surface area contributed by atoms with Gasteiger partial charge in [-0.15, -0.1) is 0 Å². The Balaban J connectivity index is 2.08. The summed E-state index contributed by atoms with van der Waals surface area (Å²) in [5, 5.41) is 0. The molecule has 0 aliphatic carbocycles. The van der Waals surface area contributed by atoms with E-state index in [2.05, 4.69) is 0 Å². The predicted molar refractivity (Wildman–Crippen MR) is 96.6 cm³/mol. The zero-order chi connectivity index (χ0) is 17.2. The first-order chi connectivity index (χ1) is 11.7. The van der Waals surface area contributed by atoms with Gasteiger partial charge in [0.15, 0.2) is 0 Å². The van der Waals surface area contributed by atoms with Crippen LogP contribution in [0.5, 0.6) is 0 Å². The fraction of sp³-hybridized carbons (Fsp3) is 0.350. The van der Waals surface area contributed by atoms with Gasteiger partial charge >= 0.3 is 0 Å². The highest BCUT2D eigenvalue weighted by Crippen LogP contribution is 2.12. The number of nitrogens with two attached hydrogens (primary N) is 1. The lowest BCUT2D eigenvalue weighted by Crippen LogP contribution is -2.31. The Bertz CT molecular complexity index is 611. The molecule has 0 aliphatic heterocycles. The Hall–Kier alpha value is -2.17. The number of carbonyl (C=O) groups excluding carboxylic acids is 1. The van der Waals surface area contributed by atoms with Crippen molar-refractivity contribution in [2.75, 3.05) is 20.3 Å². The second-order valence-corrected chi connectivity index (χ2v) is 5.81. The molecule has 0 unspecified atom stereocenters. The third-order valence-corrected chi connectivity index (χ3v) is 3.97. The summed E-state index contributed by atoms with van der Waals surface area (Å²) in [6.07, 6.45) is 1.87. The van der Waals surface area contributed by atoms with Crippen LogP contribution in [0.25, 0.3) is 0 Å². The maximum Gasteiger partial charge on any atom is 0.254 e. The molecule has 0 radical (unpaired) electrons. The van der Waals surface area contributed by atoms with Crippen molar-refractivity contribution >= 4 is 5.91 Å². The quantitative estimate of drug-likeness (QED) is 0.720. The van der Waals surface area contributed by atoms with Crippen LogP contribution in [0.4, 0.5) is 0 Å². The molecule has 0 heterocycles. The highest BCUT2D eigenvalue weighted by atomic mass is 16.5. The molecule has 0 fully saturated rings. The van der Waals surface area contributed by atoms with Crippen molar-refractivity contribution in [1.82, 2.24) is 4.90 Å². The molecule has 2 rings (SSSR count). The lowest BCUT2D eigenvalue weighted by Gasteiger charge is -2.23. The van der Waals surface area contributed by atoms with E-state index in [1.165, 1.54) is 0 Å². The van der Waals surface area contributed by atoms with Crippen LogP contribution < -0.4 is 5.73 Å². The number of methoxy groups -OCH3 is 1. The molecule has 0 saturated carbocycles. The molecule has 4 heteroatoms. The third kappa shape index (κ3) is 5.48. The summed E-state index contributed by atoms with van der Waals surface area (Å²) in [7, 11) is 1.70. The summed E-state index contributed by atoms with van der Waals surface area (Å²) in [4.78, 5) is 14.8. The summed E-state index contributed by atoms with van der Waals surface area (Å²) in [5.41, 5.74) is 8.49. The minimum Gasteiger partial charge on any atom is -0.385 e. The van der Waals surface area contributed by atoms with E-state index in [-0.39, 0.29) is 5.91 Å². The lowest BCUT2D eigenvalue weighted by molar-refractivity contribution is 0.0735. The number of carbonyl (C=O) groups is 1. The molecule has 24 heavy (non-hydrogen) atoms. The van der Waals surface area contributed by atoms with Crippen molar-refractivity contribution < 1.29 is 9.53 Å². The normalized spacial score (nSPS) is 10.6. The van der Waals surface area contributed by atoms with Crippen molar-refractivity contribution in [1.29, 1.82) is 0 Å². The Morgan fingerprint density at radius 3 is 2.33 bits per heavy atom. The summed E-state index contributed by atoms with van der Waals surface area (Å²) in [5.74, 6) is 0.0554. The molecule has 0 atom stereocenters. The van der Waals surface area contributed by atoms with Crippen LogP contribution in [0, 0.1) is 0 Å². The predicted octanol–water partition coefficient (Wildman–Crippen LogP) is 3.21. The molecule has 128 valence electrons. The lowest BCUT2D eigenvalue weighted by atomic mass is 10.1. The van der Waals surface area contributed by atoms with Crippen molar-refractivity contribution in [3.63, 3.8) is 0 Å². The molecular weight excluding hydrogens is 300 g/mol. The van der Waals surface area contributed by atoms with Gasteiger partial charge in [0.25, 0.3) is 5.91 Å². The van der Waals surface area contributed by atoms with Crippen LogP contribution in [0.1, 0.15) is 34.3 Å². The SMILES string of the molecule is COCCCCN(Cc1ccccc1)C(=O)c1ccc(CN)cc1. The Kier molecular flexibility index (Phi) is 7.46. The molecule has 2 aromatic rings. The first-order valence-electron chi connectivity index (χ1n) is 8.35. The van der Waals surface area contributed by atoms with Crippen LogP contribution in [0.2, 0.25) is 0 Å². The molecule has 1 amide bonds. The minimum atomic E-state index is 0.0554. The number of amides is 1. The van der Waals surface area contributed by atoms with Gasteiger partial charge in [-0.05, 0) is 36.1 Å². The van der Waals surface area contributed by atoms with Crippen LogP contribution in [0.15, 0.2) is 54.6 Å². The summed E-state index contributed by atoms with van der Waals surface area (Å²) < 4.78 is 5.10. The average molecular weight is 326 g/mol. The van der Waals surface area contributed by atoms with Gasteiger partial charge < -0.3 is 15.4 Å². The maximum absolute atomic E-state index is 12.9. The number of benzene rings is 2. The molecule has 0 aromatic heterocycles. The van der Waals surface area contributed by atoms with E-state index in [4.69, 9.17) is 10.5 Å². The Morgan fingerprint density at radius 2 is 1.71 bits per heavy atom. The van der Waals surface area contributed by atoms with Gasteiger partial charge in [-0.3, -0.25) is 4.79 Å². The molecule has 0 spiro atoms. The van der Waals surface area contributed by atoms with Crippen molar-refractivity contribution in [2.24, 2.45) is 5.73 Å². The summed E-state index contributed by atoms with van der Waals surface area (Å²) >= 11 is 0. The molecule has 2 N–H and O–H groups in total. The van der Waals surface area contributed by atoms with Gasteiger partial charge in [0.05, 0.1) is 0 Å². The first kappa shape index (κ1) is 18.2. The number of hydrogen-bond donors (Lipinski definition) is 1. The van der Waals surface area contributed by atoms with Crippen LogP contribution in [-0.2, 0) is 17.8 Å². The fourth-order valence-corrected chi connectivity index (χ4v) is 2.57. The van der Waals surface area contributed by atoms with E-state index in [1.807, 2.05) is 59.5 Å². The first-order valence-corrected chi connectivity index (χ1v) is 8.35. The van der Waals surface area contributed by atoms with Crippen molar-refractivity contribution in [3.05, 3.63) is 71.3 Å². The second kappa shape index (κ2) is 9.85. The largest absolute Gasteiger partial charge is 0.385 e. The van der Waals surface area contributed by atoms with E-state index in [0.717, 1.165) is 37.1 Å². The van der Waals surface area contributed by atoms with Gasteiger partial charge in [0.1, 0.15) is 0 Å². The smallest absolute Gasteiger partial charge is 0.254 e. The van der Waals surface area contributed by atoms with E-state index >= 15 is 0 Å². The van der Waals surface area contributed by atoms with E-state index < -0.39 is 0 Å². The summed E-state index contributed by atoms with van der Waals surface area (Å²) in [6, 6.07) is 17.6. The average Bonchev–Trinajstić information content (AvgIpc) is 2.64. The monoisotopic (exact) mass is 326 g/mol. The number of unbranched alkanes of at least 4 members (excludes halogenated alkanes) is 1. The molecule has 4 nitrogen and oxygen atoms in total. The minimum absolute atomic E-state index is 0.0554. The Morgan fingerprint density at radius 1 is 1.00 bits per heavy atom. The maximum atomic E-state index is 12.9. The fourth-order valence-electron chi connectivity index (χ4n) is 2.57. The van der Waals surface area contributed by atoms with Crippen molar-refractivity contribution in [2.45, 2.75) is 25.9 Å². The van der Waals surface area contributed by atoms with Gasteiger partial charge in [0, 0.05) is 38.9 Å². The topological polar surface area (TPSA) is 55.6 Å². The highest BCUT2D eigenvalue weighted by molar-refractivity contribution is 5.94. The molecule has 0 aliphatic rings. The zero-order valence-corrected chi connectivity index (χ0v) is 14.3. The number of ether oxygens (including phenoxy) is 1. The van der Waals surface area contributed by atoms with Gasteiger partial charge in [-0.25, -0.2) is 0 Å². The Labute approximate surface area is 144 Å².